The second-order valence-electron chi connectivity index (χ2n) is 4.66. The van der Waals surface area contributed by atoms with Crippen molar-refractivity contribution in [2.24, 2.45) is 0 Å². The van der Waals surface area contributed by atoms with E-state index >= 15 is 0 Å². The highest BCUT2D eigenvalue weighted by atomic mass is 31.1. The van der Waals surface area contributed by atoms with Crippen LogP contribution >= 0.6 is 8.25 Å². The van der Waals surface area contributed by atoms with E-state index in [-0.39, 0.29) is 12.4 Å². The van der Waals surface area contributed by atoms with E-state index in [2.05, 4.69) is 19.5 Å². The largest absolute Gasteiger partial charge is 0.694 e. The van der Waals surface area contributed by atoms with Crippen molar-refractivity contribution in [3.8, 4) is 0 Å². The SMILES string of the molecule is Nc1ncnc2c1ncn2C1OC(CO[P+](=O)O)C(O)C1O. The van der Waals surface area contributed by atoms with Crippen molar-refractivity contribution < 1.29 is 28.9 Å². The molecule has 0 amide bonds. The summed E-state index contributed by atoms with van der Waals surface area (Å²) in [6, 6.07) is 0. The van der Waals surface area contributed by atoms with Crippen molar-refractivity contribution in [2.75, 3.05) is 12.3 Å². The van der Waals surface area contributed by atoms with Crippen molar-refractivity contribution >= 4 is 25.2 Å². The van der Waals surface area contributed by atoms with Crippen molar-refractivity contribution in [3.05, 3.63) is 12.7 Å². The lowest BCUT2D eigenvalue weighted by atomic mass is 10.1. The van der Waals surface area contributed by atoms with E-state index < -0.39 is 32.8 Å². The molecular weight excluding hydrogens is 317 g/mol. The van der Waals surface area contributed by atoms with Gasteiger partial charge < -0.3 is 20.7 Å². The Morgan fingerprint density at radius 1 is 1.36 bits per heavy atom. The average molecular weight is 330 g/mol. The number of aliphatic hydroxyl groups is 2. The Balaban J connectivity index is 1.87. The van der Waals surface area contributed by atoms with Gasteiger partial charge in [0.25, 0.3) is 0 Å². The fraction of sp³-hybridized carbons (Fsp3) is 0.500. The molecule has 3 rings (SSSR count). The van der Waals surface area contributed by atoms with Crippen LogP contribution in [0.1, 0.15) is 6.23 Å². The predicted molar refractivity (Wildman–Crippen MR) is 71.4 cm³/mol. The minimum absolute atomic E-state index is 0.175. The maximum atomic E-state index is 10.5. The summed E-state index contributed by atoms with van der Waals surface area (Å²) in [7, 11) is -2.82. The van der Waals surface area contributed by atoms with Crippen LogP contribution in [0.4, 0.5) is 5.82 Å². The number of ether oxygens (including phenoxy) is 1. The number of nitrogens with two attached hydrogens (primary N) is 1. The second kappa shape index (κ2) is 5.80. The van der Waals surface area contributed by atoms with E-state index in [1.807, 2.05) is 0 Å². The lowest BCUT2D eigenvalue weighted by molar-refractivity contribution is -0.0476. The van der Waals surface area contributed by atoms with E-state index in [0.29, 0.717) is 11.2 Å². The number of hydrogen-bond acceptors (Lipinski definition) is 9. The quantitative estimate of drug-likeness (QED) is 0.494. The number of anilines is 1. The molecule has 118 valence electrons. The van der Waals surface area contributed by atoms with Crippen molar-refractivity contribution in [1.82, 2.24) is 19.5 Å². The molecule has 0 saturated carbocycles. The van der Waals surface area contributed by atoms with Crippen LogP contribution in [-0.2, 0) is 13.8 Å². The zero-order valence-electron chi connectivity index (χ0n) is 11.1. The topological polar surface area (TPSA) is 166 Å². The highest BCUT2D eigenvalue weighted by molar-refractivity contribution is 7.32. The number of nitrogen functional groups attached to an aromatic ring is 1. The highest BCUT2D eigenvalue weighted by Crippen LogP contribution is 2.33. The van der Waals surface area contributed by atoms with E-state index in [9.17, 15) is 14.8 Å². The Kier molecular flexibility index (Phi) is 4.00. The number of rotatable bonds is 4. The molecule has 0 radical (unpaired) electrons. The molecule has 0 aromatic carbocycles. The zero-order chi connectivity index (χ0) is 15.9. The molecule has 3 heterocycles. The average Bonchev–Trinajstić information content (AvgIpc) is 3.01. The Labute approximate surface area is 124 Å². The van der Waals surface area contributed by atoms with Crippen LogP contribution in [0.3, 0.4) is 0 Å². The van der Waals surface area contributed by atoms with Gasteiger partial charge in [-0.1, -0.05) is 0 Å². The molecule has 1 fully saturated rings. The van der Waals surface area contributed by atoms with Crippen LogP contribution in [0.2, 0.25) is 0 Å². The predicted octanol–water partition coefficient (Wildman–Crippen LogP) is -1.31. The molecule has 2 aromatic rings. The zero-order valence-corrected chi connectivity index (χ0v) is 11.9. The molecule has 5 atom stereocenters. The first-order chi connectivity index (χ1) is 10.5. The van der Waals surface area contributed by atoms with Crippen molar-refractivity contribution in [1.29, 1.82) is 0 Å². The molecule has 1 aliphatic heterocycles. The Morgan fingerprint density at radius 3 is 2.86 bits per heavy atom. The molecule has 0 aliphatic carbocycles. The number of imidazole rings is 1. The van der Waals surface area contributed by atoms with Crippen LogP contribution in [0.5, 0.6) is 0 Å². The lowest BCUT2D eigenvalue weighted by Crippen LogP contribution is -2.33. The van der Waals surface area contributed by atoms with Gasteiger partial charge in [0, 0.05) is 4.57 Å². The molecule has 5 N–H and O–H groups in total. The van der Waals surface area contributed by atoms with Crippen LogP contribution in [0.25, 0.3) is 11.2 Å². The summed E-state index contributed by atoms with van der Waals surface area (Å²) in [6.07, 6.45) is -1.95. The first-order valence-electron chi connectivity index (χ1n) is 6.22. The van der Waals surface area contributed by atoms with E-state index in [0.717, 1.165) is 0 Å². The molecule has 11 nitrogen and oxygen atoms in total. The lowest BCUT2D eigenvalue weighted by Gasteiger charge is -2.16. The molecular formula is C10H13N5O6P+. The molecule has 1 aliphatic rings. The Bertz CT molecular complexity index is 710. The van der Waals surface area contributed by atoms with Gasteiger partial charge in [0.15, 0.2) is 17.7 Å². The minimum atomic E-state index is -2.82. The van der Waals surface area contributed by atoms with Gasteiger partial charge in [-0.05, 0) is 0 Å². The Morgan fingerprint density at radius 2 is 2.14 bits per heavy atom. The van der Waals surface area contributed by atoms with Gasteiger partial charge in [-0.2, -0.15) is 0 Å². The summed E-state index contributed by atoms with van der Waals surface area (Å²) >= 11 is 0. The smallest absolute Gasteiger partial charge is 0.387 e. The molecule has 12 heteroatoms. The fourth-order valence-corrected chi connectivity index (χ4v) is 2.56. The van der Waals surface area contributed by atoms with Gasteiger partial charge in [0.2, 0.25) is 0 Å². The monoisotopic (exact) mass is 330 g/mol. The Hall–Kier alpha value is -1.75. The van der Waals surface area contributed by atoms with E-state index in [4.69, 9.17) is 15.4 Å². The van der Waals surface area contributed by atoms with Gasteiger partial charge in [-0.3, -0.25) is 4.57 Å². The number of nitrogens with zero attached hydrogens (tertiary/aromatic N) is 4. The maximum absolute atomic E-state index is 10.5. The summed E-state index contributed by atoms with van der Waals surface area (Å²) in [4.78, 5) is 20.5. The first kappa shape index (κ1) is 15.2. The maximum Gasteiger partial charge on any atom is 0.694 e. The molecule has 1 saturated heterocycles. The molecule has 0 bridgehead atoms. The van der Waals surface area contributed by atoms with Gasteiger partial charge in [0.05, 0.1) is 6.33 Å². The third kappa shape index (κ3) is 2.54. The summed E-state index contributed by atoms with van der Waals surface area (Å²) in [6.45, 7) is -0.343. The van der Waals surface area contributed by atoms with Gasteiger partial charge in [0.1, 0.15) is 36.8 Å². The van der Waals surface area contributed by atoms with Crippen LogP contribution in [0, 0.1) is 0 Å². The van der Waals surface area contributed by atoms with Gasteiger partial charge in [-0.25, -0.2) is 15.0 Å². The summed E-state index contributed by atoms with van der Waals surface area (Å²) in [5, 5.41) is 20.0. The highest BCUT2D eigenvalue weighted by Gasteiger charge is 2.45. The number of aromatic nitrogens is 4. The van der Waals surface area contributed by atoms with Crippen molar-refractivity contribution in [3.63, 3.8) is 0 Å². The van der Waals surface area contributed by atoms with E-state index in [1.165, 1.54) is 17.2 Å². The minimum Gasteiger partial charge on any atom is -0.387 e. The molecule has 5 unspecified atom stereocenters. The third-order valence-electron chi connectivity index (χ3n) is 3.35. The molecule has 0 spiro atoms. The normalized spacial score (nSPS) is 29.1. The first-order valence-corrected chi connectivity index (χ1v) is 7.35. The van der Waals surface area contributed by atoms with Gasteiger partial charge >= 0.3 is 8.25 Å². The standard InChI is InChI=1S/C10H12N5O6P/c11-8-5-9(13-2-12-8)15(3-14-5)10-7(17)6(16)4(21-10)1-20-22(18)19/h2-4,6-7,10,16-17H,1H2,(H2-,11,12,13,18,19)/p+1. The third-order valence-corrected chi connectivity index (χ3v) is 3.72. The summed E-state index contributed by atoms with van der Waals surface area (Å²) in [5.74, 6) is 0.175. The number of hydrogen-bond donors (Lipinski definition) is 4. The van der Waals surface area contributed by atoms with E-state index in [1.54, 1.807) is 0 Å². The number of fused-ring (bicyclic) bond motifs is 1. The summed E-state index contributed by atoms with van der Waals surface area (Å²) in [5.41, 5.74) is 6.35. The van der Waals surface area contributed by atoms with Crippen LogP contribution in [-0.4, -0.2) is 59.5 Å². The van der Waals surface area contributed by atoms with Gasteiger partial charge in [-0.15, -0.1) is 9.42 Å². The van der Waals surface area contributed by atoms with Crippen LogP contribution < -0.4 is 5.73 Å². The molecule has 22 heavy (non-hydrogen) atoms. The molecule has 2 aromatic heterocycles. The fourth-order valence-electron chi connectivity index (χ4n) is 2.29. The number of aliphatic hydroxyl groups excluding tert-OH is 2. The van der Waals surface area contributed by atoms with Crippen LogP contribution in [0.15, 0.2) is 12.7 Å². The van der Waals surface area contributed by atoms with Crippen molar-refractivity contribution in [2.45, 2.75) is 24.5 Å². The summed E-state index contributed by atoms with van der Waals surface area (Å²) < 4.78 is 22.0. The second-order valence-corrected chi connectivity index (χ2v) is 5.40.